The number of nitriles is 1. The summed E-state index contributed by atoms with van der Waals surface area (Å²) in [4.78, 5) is 2.29. The van der Waals surface area contributed by atoms with Crippen molar-refractivity contribution < 1.29 is 8.42 Å². The molecule has 1 N–H and O–H groups in total. The zero-order valence-corrected chi connectivity index (χ0v) is 16.4. The minimum Gasteiger partial charge on any atom is -0.296 e. The highest BCUT2D eigenvalue weighted by molar-refractivity contribution is 7.89. The maximum Gasteiger partial charge on any atom is 0.240 e. The van der Waals surface area contributed by atoms with Crippen LogP contribution in [0.25, 0.3) is 0 Å². The quantitative estimate of drug-likeness (QED) is 0.746. The fourth-order valence-electron chi connectivity index (χ4n) is 2.83. The van der Waals surface area contributed by atoms with E-state index in [1.807, 2.05) is 44.2 Å². The number of halogens is 1. The highest BCUT2D eigenvalue weighted by atomic mass is 35.5. The van der Waals surface area contributed by atoms with E-state index in [9.17, 15) is 8.42 Å². The molecule has 2 rings (SSSR count). The summed E-state index contributed by atoms with van der Waals surface area (Å²) >= 11 is 6.34. The van der Waals surface area contributed by atoms with Crippen LogP contribution in [0.4, 0.5) is 0 Å². The SMILES string of the molecule is CCN(CC)C(CNS(=O)(=O)c1ccc(C#N)cc1)c1ccccc1Cl. The molecule has 0 saturated heterocycles. The average molecular weight is 392 g/mol. The largest absolute Gasteiger partial charge is 0.296 e. The highest BCUT2D eigenvalue weighted by Crippen LogP contribution is 2.27. The van der Waals surface area contributed by atoms with Crippen molar-refractivity contribution in [2.24, 2.45) is 0 Å². The minimum atomic E-state index is -3.68. The van der Waals surface area contributed by atoms with E-state index >= 15 is 0 Å². The Bertz CT molecular complexity index is 872. The number of rotatable bonds is 8. The van der Waals surface area contributed by atoms with Crippen LogP contribution in [0.2, 0.25) is 5.02 Å². The maximum atomic E-state index is 12.6. The van der Waals surface area contributed by atoms with Crippen LogP contribution in [0.3, 0.4) is 0 Å². The molecule has 0 saturated carbocycles. The van der Waals surface area contributed by atoms with Crippen molar-refractivity contribution >= 4 is 21.6 Å². The molecular formula is C19H22ClN3O2S. The summed E-state index contributed by atoms with van der Waals surface area (Å²) in [5, 5.41) is 9.45. The first-order chi connectivity index (χ1) is 12.4. The second-order valence-electron chi connectivity index (χ2n) is 5.75. The Morgan fingerprint density at radius 3 is 2.27 bits per heavy atom. The molecule has 0 aliphatic rings. The fourth-order valence-corrected chi connectivity index (χ4v) is 4.13. The third-order valence-electron chi connectivity index (χ3n) is 4.28. The van der Waals surface area contributed by atoms with Crippen LogP contribution in [0.15, 0.2) is 53.4 Å². The molecule has 0 aromatic heterocycles. The van der Waals surface area contributed by atoms with Crippen LogP contribution in [-0.4, -0.2) is 33.0 Å². The van der Waals surface area contributed by atoms with Crippen molar-refractivity contribution in [3.63, 3.8) is 0 Å². The highest BCUT2D eigenvalue weighted by Gasteiger charge is 2.23. The molecule has 0 aliphatic heterocycles. The molecule has 138 valence electrons. The number of nitrogens with one attached hydrogen (secondary N) is 1. The zero-order chi connectivity index (χ0) is 19.2. The average Bonchev–Trinajstić information content (AvgIpc) is 2.66. The first kappa shape index (κ1) is 20.4. The molecule has 2 aromatic carbocycles. The summed E-state index contributed by atoms with van der Waals surface area (Å²) in [7, 11) is -3.68. The Kier molecular flexibility index (Phi) is 7.18. The normalized spacial score (nSPS) is 12.7. The van der Waals surface area contributed by atoms with E-state index < -0.39 is 10.0 Å². The van der Waals surface area contributed by atoms with Gasteiger partial charge in [-0.25, -0.2) is 13.1 Å². The van der Waals surface area contributed by atoms with E-state index in [1.54, 1.807) is 0 Å². The van der Waals surface area contributed by atoms with Gasteiger partial charge in [0.15, 0.2) is 0 Å². The molecule has 0 amide bonds. The lowest BCUT2D eigenvalue weighted by Gasteiger charge is -2.30. The Morgan fingerprint density at radius 2 is 1.73 bits per heavy atom. The molecule has 0 radical (unpaired) electrons. The molecule has 0 aliphatic carbocycles. The van der Waals surface area contributed by atoms with Gasteiger partial charge in [0, 0.05) is 17.6 Å². The summed E-state index contributed by atoms with van der Waals surface area (Å²) in [6.07, 6.45) is 0. The van der Waals surface area contributed by atoms with Crippen molar-refractivity contribution in [1.29, 1.82) is 5.26 Å². The van der Waals surface area contributed by atoms with Gasteiger partial charge >= 0.3 is 0 Å². The number of nitrogens with zero attached hydrogens (tertiary/aromatic N) is 2. The lowest BCUT2D eigenvalue weighted by molar-refractivity contribution is 0.220. The van der Waals surface area contributed by atoms with E-state index in [1.165, 1.54) is 24.3 Å². The van der Waals surface area contributed by atoms with Crippen LogP contribution in [0, 0.1) is 11.3 Å². The van der Waals surface area contributed by atoms with Crippen LogP contribution in [0.5, 0.6) is 0 Å². The van der Waals surface area contributed by atoms with Crippen LogP contribution in [-0.2, 0) is 10.0 Å². The van der Waals surface area contributed by atoms with E-state index in [-0.39, 0.29) is 17.5 Å². The minimum absolute atomic E-state index is 0.133. The third kappa shape index (κ3) is 4.83. The first-order valence-corrected chi connectivity index (χ1v) is 10.3. The van der Waals surface area contributed by atoms with Gasteiger partial charge in [0.2, 0.25) is 10.0 Å². The second-order valence-corrected chi connectivity index (χ2v) is 7.92. The molecule has 0 bridgehead atoms. The molecule has 2 aromatic rings. The third-order valence-corrected chi connectivity index (χ3v) is 6.06. The van der Waals surface area contributed by atoms with Crippen molar-refractivity contribution in [2.75, 3.05) is 19.6 Å². The van der Waals surface area contributed by atoms with Gasteiger partial charge in [-0.05, 0) is 49.0 Å². The van der Waals surface area contributed by atoms with Crippen molar-refractivity contribution in [3.05, 3.63) is 64.7 Å². The smallest absolute Gasteiger partial charge is 0.240 e. The number of likely N-dealkylation sites (N-methyl/N-ethyl adjacent to an activating group) is 1. The molecule has 0 heterocycles. The molecule has 26 heavy (non-hydrogen) atoms. The van der Waals surface area contributed by atoms with Gasteiger partial charge in [0.1, 0.15) is 0 Å². The van der Waals surface area contributed by atoms with Crippen LogP contribution in [0.1, 0.15) is 31.0 Å². The summed E-state index contributed by atoms with van der Waals surface area (Å²) in [6, 6.07) is 15.1. The Hall–Kier alpha value is -1.91. The topological polar surface area (TPSA) is 73.2 Å². The number of hydrogen-bond acceptors (Lipinski definition) is 4. The van der Waals surface area contributed by atoms with Gasteiger partial charge in [-0.2, -0.15) is 5.26 Å². The predicted molar refractivity (Wildman–Crippen MR) is 103 cm³/mol. The summed E-state index contributed by atoms with van der Waals surface area (Å²) in [6.45, 7) is 5.80. The Balaban J connectivity index is 2.25. The molecule has 5 nitrogen and oxygen atoms in total. The molecule has 1 atom stereocenters. The number of benzene rings is 2. The van der Waals surface area contributed by atoms with E-state index in [2.05, 4.69) is 9.62 Å². The summed E-state index contributed by atoms with van der Waals surface area (Å²) < 4.78 is 27.9. The number of hydrogen-bond donors (Lipinski definition) is 1. The van der Waals surface area contributed by atoms with Crippen molar-refractivity contribution in [3.8, 4) is 6.07 Å². The summed E-state index contributed by atoms with van der Waals surface area (Å²) in [5.41, 5.74) is 1.31. The lowest BCUT2D eigenvalue weighted by Crippen LogP contribution is -2.38. The number of sulfonamides is 1. The van der Waals surface area contributed by atoms with Crippen molar-refractivity contribution in [2.45, 2.75) is 24.8 Å². The molecule has 1 unspecified atom stereocenters. The van der Waals surface area contributed by atoms with Crippen LogP contribution >= 0.6 is 11.6 Å². The van der Waals surface area contributed by atoms with Crippen molar-refractivity contribution in [1.82, 2.24) is 9.62 Å². The van der Waals surface area contributed by atoms with Gasteiger partial charge in [0.25, 0.3) is 0 Å². The second kappa shape index (κ2) is 9.15. The van der Waals surface area contributed by atoms with E-state index in [4.69, 9.17) is 16.9 Å². The van der Waals surface area contributed by atoms with Gasteiger partial charge in [-0.3, -0.25) is 4.90 Å². The Labute approximate surface area is 160 Å². The van der Waals surface area contributed by atoms with Crippen LogP contribution < -0.4 is 4.72 Å². The predicted octanol–water partition coefficient (Wildman–Crippen LogP) is 3.57. The monoisotopic (exact) mass is 391 g/mol. The van der Waals surface area contributed by atoms with Gasteiger partial charge in [-0.15, -0.1) is 0 Å². The first-order valence-electron chi connectivity index (χ1n) is 8.41. The Morgan fingerprint density at radius 1 is 1.12 bits per heavy atom. The van der Waals surface area contributed by atoms with E-state index in [0.29, 0.717) is 10.6 Å². The van der Waals surface area contributed by atoms with Gasteiger partial charge in [0.05, 0.1) is 16.5 Å². The lowest BCUT2D eigenvalue weighted by atomic mass is 10.1. The molecule has 7 heteroatoms. The van der Waals surface area contributed by atoms with Gasteiger partial charge in [-0.1, -0.05) is 43.6 Å². The van der Waals surface area contributed by atoms with E-state index in [0.717, 1.165) is 18.7 Å². The molecular weight excluding hydrogens is 370 g/mol. The molecule has 0 fully saturated rings. The van der Waals surface area contributed by atoms with Gasteiger partial charge < -0.3 is 0 Å². The standard InChI is InChI=1S/C19H22ClN3O2S/c1-3-23(4-2)19(17-7-5-6-8-18(17)20)14-22-26(24,25)16-11-9-15(13-21)10-12-16/h5-12,19,22H,3-4,14H2,1-2H3. The maximum absolute atomic E-state index is 12.6. The fraction of sp³-hybridized carbons (Fsp3) is 0.316. The molecule has 0 spiro atoms. The zero-order valence-electron chi connectivity index (χ0n) is 14.8. The summed E-state index contributed by atoms with van der Waals surface area (Å²) in [5.74, 6) is 0.